The average molecular weight is 196 g/mol. The summed E-state index contributed by atoms with van der Waals surface area (Å²) in [6.07, 6.45) is 0.925. The van der Waals surface area contributed by atoms with E-state index in [1.54, 1.807) is 19.2 Å². The van der Waals surface area contributed by atoms with Crippen LogP contribution in [-0.2, 0) is 11.3 Å². The minimum Gasteiger partial charge on any atom is -0.504 e. The highest BCUT2D eigenvalue weighted by Gasteiger charge is 2.03. The highest BCUT2D eigenvalue weighted by molar-refractivity contribution is 5.41. The zero-order valence-corrected chi connectivity index (χ0v) is 8.62. The zero-order chi connectivity index (χ0) is 10.4. The first-order chi connectivity index (χ1) is 6.77. The van der Waals surface area contributed by atoms with Crippen LogP contribution in [0.15, 0.2) is 18.2 Å². The van der Waals surface area contributed by atoms with Gasteiger partial charge in [0.15, 0.2) is 11.5 Å². The Morgan fingerprint density at radius 1 is 1.36 bits per heavy atom. The first-order valence-corrected chi connectivity index (χ1v) is 4.71. The van der Waals surface area contributed by atoms with E-state index in [1.165, 1.54) is 0 Å². The second-order valence-electron chi connectivity index (χ2n) is 3.08. The quantitative estimate of drug-likeness (QED) is 0.785. The van der Waals surface area contributed by atoms with Crippen LogP contribution >= 0.6 is 0 Å². The summed E-state index contributed by atoms with van der Waals surface area (Å²) in [5, 5.41) is 9.46. The second-order valence-corrected chi connectivity index (χ2v) is 3.08. The predicted molar refractivity (Wildman–Crippen MR) is 54.6 cm³/mol. The zero-order valence-electron chi connectivity index (χ0n) is 8.62. The Labute approximate surface area is 84.3 Å². The Hall–Kier alpha value is -1.22. The fourth-order valence-corrected chi connectivity index (χ4v) is 1.14. The maximum Gasteiger partial charge on any atom is 0.161 e. The fraction of sp³-hybridized carbons (Fsp3) is 0.455. The summed E-state index contributed by atoms with van der Waals surface area (Å²) in [6, 6.07) is 5.24. The normalized spacial score (nSPS) is 10.1. The molecule has 0 amide bonds. The van der Waals surface area contributed by atoms with Gasteiger partial charge in [-0.3, -0.25) is 0 Å². The third-order valence-electron chi connectivity index (χ3n) is 1.80. The summed E-state index contributed by atoms with van der Waals surface area (Å²) < 4.78 is 10.4. The summed E-state index contributed by atoms with van der Waals surface area (Å²) >= 11 is 0. The predicted octanol–water partition coefficient (Wildman–Crippen LogP) is 2.33. The molecule has 0 saturated carbocycles. The van der Waals surface area contributed by atoms with Gasteiger partial charge in [0, 0.05) is 7.11 Å². The molecule has 78 valence electrons. The highest BCUT2D eigenvalue weighted by atomic mass is 16.5. The Bertz CT molecular complexity index is 284. The molecular formula is C11H16O3. The third-order valence-corrected chi connectivity index (χ3v) is 1.80. The molecule has 1 N–H and O–H groups in total. The number of hydrogen-bond donors (Lipinski definition) is 1. The van der Waals surface area contributed by atoms with Crippen molar-refractivity contribution in [2.45, 2.75) is 20.0 Å². The van der Waals surface area contributed by atoms with Crippen molar-refractivity contribution in [1.29, 1.82) is 0 Å². The van der Waals surface area contributed by atoms with Gasteiger partial charge in [0.05, 0.1) is 13.2 Å². The van der Waals surface area contributed by atoms with E-state index >= 15 is 0 Å². The van der Waals surface area contributed by atoms with Crippen LogP contribution in [0, 0.1) is 0 Å². The van der Waals surface area contributed by atoms with E-state index in [1.807, 2.05) is 13.0 Å². The summed E-state index contributed by atoms with van der Waals surface area (Å²) in [4.78, 5) is 0. The van der Waals surface area contributed by atoms with Gasteiger partial charge in [-0.2, -0.15) is 0 Å². The van der Waals surface area contributed by atoms with E-state index in [0.717, 1.165) is 12.0 Å². The summed E-state index contributed by atoms with van der Waals surface area (Å²) in [6.45, 7) is 3.17. The molecule has 1 rings (SSSR count). The maximum atomic E-state index is 9.46. The lowest BCUT2D eigenvalue weighted by Gasteiger charge is -2.08. The summed E-state index contributed by atoms with van der Waals surface area (Å²) in [5.41, 5.74) is 0.997. The molecule has 0 aliphatic rings. The van der Waals surface area contributed by atoms with Crippen molar-refractivity contribution < 1.29 is 14.6 Å². The largest absolute Gasteiger partial charge is 0.504 e. The molecule has 0 unspecified atom stereocenters. The van der Waals surface area contributed by atoms with Gasteiger partial charge in [-0.05, 0) is 24.1 Å². The van der Waals surface area contributed by atoms with Crippen LogP contribution in [0.25, 0.3) is 0 Å². The van der Waals surface area contributed by atoms with Crippen LogP contribution in [0.1, 0.15) is 18.9 Å². The smallest absolute Gasteiger partial charge is 0.161 e. The molecule has 0 saturated heterocycles. The number of hydrogen-bond acceptors (Lipinski definition) is 3. The van der Waals surface area contributed by atoms with Gasteiger partial charge in [-0.1, -0.05) is 13.0 Å². The number of aromatic hydroxyl groups is 1. The van der Waals surface area contributed by atoms with E-state index in [0.29, 0.717) is 19.0 Å². The van der Waals surface area contributed by atoms with Gasteiger partial charge in [-0.25, -0.2) is 0 Å². The fourth-order valence-electron chi connectivity index (χ4n) is 1.14. The van der Waals surface area contributed by atoms with E-state index in [-0.39, 0.29) is 5.75 Å². The SMILES string of the molecule is CCCOc1cc(COC)ccc1O. The van der Waals surface area contributed by atoms with Crippen molar-refractivity contribution in [1.82, 2.24) is 0 Å². The Kier molecular flexibility index (Phi) is 4.26. The number of rotatable bonds is 5. The monoisotopic (exact) mass is 196 g/mol. The van der Waals surface area contributed by atoms with Gasteiger partial charge in [-0.15, -0.1) is 0 Å². The number of benzene rings is 1. The molecule has 3 nitrogen and oxygen atoms in total. The third kappa shape index (κ3) is 2.92. The number of phenolic OH excluding ortho intramolecular Hbond substituents is 1. The molecule has 0 aromatic heterocycles. The minimum atomic E-state index is 0.179. The molecule has 0 aliphatic carbocycles. The molecule has 1 aromatic rings. The van der Waals surface area contributed by atoms with Gasteiger partial charge in [0.1, 0.15) is 0 Å². The van der Waals surface area contributed by atoms with E-state index in [2.05, 4.69) is 0 Å². The number of ether oxygens (including phenoxy) is 2. The van der Waals surface area contributed by atoms with Crippen molar-refractivity contribution >= 4 is 0 Å². The number of phenols is 1. The van der Waals surface area contributed by atoms with Gasteiger partial charge in [0.25, 0.3) is 0 Å². The Balaban J connectivity index is 2.74. The van der Waals surface area contributed by atoms with Gasteiger partial charge in [0.2, 0.25) is 0 Å². The topological polar surface area (TPSA) is 38.7 Å². The number of methoxy groups -OCH3 is 1. The van der Waals surface area contributed by atoms with Crippen molar-refractivity contribution in [2.24, 2.45) is 0 Å². The van der Waals surface area contributed by atoms with Gasteiger partial charge < -0.3 is 14.6 Å². The minimum absolute atomic E-state index is 0.179. The van der Waals surface area contributed by atoms with Crippen LogP contribution < -0.4 is 4.74 Å². The molecular weight excluding hydrogens is 180 g/mol. The average Bonchev–Trinajstić information content (AvgIpc) is 2.19. The molecule has 0 heterocycles. The van der Waals surface area contributed by atoms with Crippen LogP contribution in [0.3, 0.4) is 0 Å². The first kappa shape index (κ1) is 10.9. The summed E-state index contributed by atoms with van der Waals surface area (Å²) in [7, 11) is 1.64. The molecule has 1 aromatic carbocycles. The van der Waals surface area contributed by atoms with Crippen molar-refractivity contribution in [3.63, 3.8) is 0 Å². The molecule has 0 fully saturated rings. The maximum absolute atomic E-state index is 9.46. The molecule has 0 radical (unpaired) electrons. The van der Waals surface area contributed by atoms with E-state index < -0.39 is 0 Å². The van der Waals surface area contributed by atoms with E-state index in [4.69, 9.17) is 9.47 Å². The van der Waals surface area contributed by atoms with Crippen LogP contribution in [0.5, 0.6) is 11.5 Å². The van der Waals surface area contributed by atoms with Gasteiger partial charge >= 0.3 is 0 Å². The van der Waals surface area contributed by atoms with Crippen molar-refractivity contribution in [2.75, 3.05) is 13.7 Å². The standard InChI is InChI=1S/C11H16O3/c1-3-6-14-11-7-9(8-13-2)4-5-10(11)12/h4-5,7,12H,3,6,8H2,1-2H3. The lowest BCUT2D eigenvalue weighted by atomic mass is 10.2. The molecule has 0 aliphatic heterocycles. The van der Waals surface area contributed by atoms with Crippen LogP contribution in [0.2, 0.25) is 0 Å². The molecule has 0 bridgehead atoms. The molecule has 0 spiro atoms. The second kappa shape index (κ2) is 5.50. The lowest BCUT2D eigenvalue weighted by Crippen LogP contribution is -1.96. The molecule has 3 heteroatoms. The molecule has 0 atom stereocenters. The Morgan fingerprint density at radius 2 is 2.14 bits per heavy atom. The van der Waals surface area contributed by atoms with Crippen LogP contribution in [-0.4, -0.2) is 18.8 Å². The first-order valence-electron chi connectivity index (χ1n) is 4.71. The van der Waals surface area contributed by atoms with Crippen molar-refractivity contribution in [3.05, 3.63) is 23.8 Å². The van der Waals surface area contributed by atoms with Crippen molar-refractivity contribution in [3.8, 4) is 11.5 Å². The van der Waals surface area contributed by atoms with Crippen LogP contribution in [0.4, 0.5) is 0 Å². The molecule has 14 heavy (non-hydrogen) atoms. The van der Waals surface area contributed by atoms with E-state index in [9.17, 15) is 5.11 Å². The Morgan fingerprint density at radius 3 is 2.79 bits per heavy atom. The highest BCUT2D eigenvalue weighted by Crippen LogP contribution is 2.27. The lowest BCUT2D eigenvalue weighted by molar-refractivity contribution is 0.184. The summed E-state index contributed by atoms with van der Waals surface area (Å²) in [5.74, 6) is 0.708.